The molecule has 0 fully saturated rings. The van der Waals surface area contributed by atoms with Crippen LogP contribution >= 0.6 is 0 Å². The lowest BCUT2D eigenvalue weighted by atomic mass is 9.80. The van der Waals surface area contributed by atoms with Crippen LogP contribution in [0.15, 0.2) is 48.5 Å². The number of benzene rings is 2. The molecule has 3 unspecified atom stereocenters. The summed E-state index contributed by atoms with van der Waals surface area (Å²) in [6.45, 7) is 3.25. The number of carbonyl (C=O) groups excluding carboxylic acids is 3. The molecule has 3 rings (SSSR count). The van der Waals surface area contributed by atoms with Crippen LogP contribution in [0, 0.1) is 11.8 Å². The fourth-order valence-electron chi connectivity index (χ4n) is 3.42. The smallest absolute Gasteiger partial charge is 0.317 e. The third-order valence-electron chi connectivity index (χ3n) is 4.88. The van der Waals surface area contributed by atoms with Crippen molar-refractivity contribution in [2.24, 2.45) is 11.8 Å². The molecule has 1 aliphatic heterocycles. The topological polar surface area (TPSA) is 108 Å². The first kappa shape index (κ1) is 22.3. The minimum absolute atomic E-state index is 0.00701. The fraction of sp³-hybridized carbons (Fsp3) is 0.348. The Bertz CT molecular complexity index is 940. The molecule has 2 aromatic rings. The van der Waals surface area contributed by atoms with Gasteiger partial charge in [0.15, 0.2) is 17.3 Å². The van der Waals surface area contributed by atoms with Crippen LogP contribution in [-0.2, 0) is 19.1 Å². The second kappa shape index (κ2) is 10.1. The van der Waals surface area contributed by atoms with Gasteiger partial charge in [-0.3, -0.25) is 14.4 Å². The van der Waals surface area contributed by atoms with Gasteiger partial charge >= 0.3 is 11.9 Å². The number of aliphatic hydroxyl groups is 1. The van der Waals surface area contributed by atoms with Crippen LogP contribution in [0.4, 0.5) is 0 Å². The second-order valence-electron chi connectivity index (χ2n) is 6.80. The predicted octanol–water partition coefficient (Wildman–Crippen LogP) is 2.69. The van der Waals surface area contributed by atoms with Gasteiger partial charge in [0.25, 0.3) is 0 Å². The standard InChI is InChI=1S/C23H24O8/c1-3-28-22(26)18(20(24)14-8-6-5-7-9-14)19(23(27)29-4-2)21(25)15-10-11-16-17(12-15)31-13-30-16/h5-12,18-19,21,25H,3-4,13H2,1-2H3. The van der Waals surface area contributed by atoms with E-state index in [0.717, 1.165) is 0 Å². The highest BCUT2D eigenvalue weighted by atomic mass is 16.7. The number of rotatable bonds is 9. The molecule has 3 atom stereocenters. The van der Waals surface area contributed by atoms with Gasteiger partial charge in [0, 0.05) is 5.56 Å². The highest BCUT2D eigenvalue weighted by Gasteiger charge is 2.46. The highest BCUT2D eigenvalue weighted by Crippen LogP contribution is 2.38. The van der Waals surface area contributed by atoms with Crippen LogP contribution in [0.25, 0.3) is 0 Å². The van der Waals surface area contributed by atoms with E-state index in [1.807, 2.05) is 0 Å². The van der Waals surface area contributed by atoms with Gasteiger partial charge in [-0.15, -0.1) is 0 Å². The quantitative estimate of drug-likeness (QED) is 0.369. The molecule has 0 amide bonds. The summed E-state index contributed by atoms with van der Waals surface area (Å²) < 4.78 is 20.8. The van der Waals surface area contributed by atoms with E-state index in [9.17, 15) is 19.5 Å². The number of hydrogen-bond donors (Lipinski definition) is 1. The van der Waals surface area contributed by atoms with E-state index in [1.54, 1.807) is 44.2 Å². The summed E-state index contributed by atoms with van der Waals surface area (Å²) in [4.78, 5) is 39.0. The second-order valence-corrected chi connectivity index (χ2v) is 6.80. The molecule has 0 saturated carbocycles. The first-order valence-corrected chi connectivity index (χ1v) is 9.98. The zero-order valence-electron chi connectivity index (χ0n) is 17.3. The molecule has 0 spiro atoms. The maximum Gasteiger partial charge on any atom is 0.317 e. The summed E-state index contributed by atoms with van der Waals surface area (Å²) in [5.74, 6) is -4.66. The maximum atomic E-state index is 13.3. The largest absolute Gasteiger partial charge is 0.466 e. The Labute approximate surface area is 179 Å². The molecule has 31 heavy (non-hydrogen) atoms. The van der Waals surface area contributed by atoms with Gasteiger partial charge in [0.2, 0.25) is 6.79 Å². The number of fused-ring (bicyclic) bond motifs is 1. The van der Waals surface area contributed by atoms with Gasteiger partial charge < -0.3 is 24.1 Å². The van der Waals surface area contributed by atoms with Crippen LogP contribution in [0.3, 0.4) is 0 Å². The van der Waals surface area contributed by atoms with Gasteiger partial charge in [-0.05, 0) is 31.5 Å². The van der Waals surface area contributed by atoms with Crippen LogP contribution < -0.4 is 9.47 Å². The number of hydrogen-bond acceptors (Lipinski definition) is 8. The number of esters is 2. The van der Waals surface area contributed by atoms with Crippen molar-refractivity contribution in [2.75, 3.05) is 20.0 Å². The van der Waals surface area contributed by atoms with Gasteiger partial charge in [0.05, 0.1) is 19.3 Å². The minimum atomic E-state index is -1.60. The molecule has 0 aromatic heterocycles. The number of Topliss-reactive ketones (excluding diaryl/α,β-unsaturated/α-hetero) is 1. The molecule has 8 nitrogen and oxygen atoms in total. The van der Waals surface area contributed by atoms with E-state index in [2.05, 4.69) is 0 Å². The van der Waals surface area contributed by atoms with Crippen LogP contribution in [-0.4, -0.2) is 42.8 Å². The molecule has 1 N–H and O–H groups in total. The molecular formula is C23H24O8. The van der Waals surface area contributed by atoms with Gasteiger partial charge in [-0.1, -0.05) is 36.4 Å². The SMILES string of the molecule is CCOC(=O)C(C(=O)c1ccccc1)C(C(=O)OCC)C(O)c1ccc2c(c1)OCO2. The summed E-state index contributed by atoms with van der Waals surface area (Å²) in [6, 6.07) is 12.7. The summed E-state index contributed by atoms with van der Waals surface area (Å²) >= 11 is 0. The van der Waals surface area contributed by atoms with E-state index in [-0.39, 0.29) is 31.1 Å². The Hall–Kier alpha value is -3.39. The highest BCUT2D eigenvalue weighted by molar-refractivity contribution is 6.11. The Morgan fingerprint density at radius 1 is 0.935 bits per heavy atom. The lowest BCUT2D eigenvalue weighted by molar-refractivity contribution is -0.163. The minimum Gasteiger partial charge on any atom is -0.466 e. The first-order valence-electron chi connectivity index (χ1n) is 9.98. The zero-order chi connectivity index (χ0) is 22.4. The van der Waals surface area contributed by atoms with Gasteiger partial charge in [-0.25, -0.2) is 0 Å². The van der Waals surface area contributed by atoms with E-state index in [0.29, 0.717) is 11.5 Å². The van der Waals surface area contributed by atoms with Crippen LogP contribution in [0.2, 0.25) is 0 Å². The molecule has 0 bridgehead atoms. The lowest BCUT2D eigenvalue weighted by Gasteiger charge is -2.27. The normalized spacial score (nSPS) is 14.9. The number of aliphatic hydroxyl groups excluding tert-OH is 1. The van der Waals surface area contributed by atoms with Gasteiger partial charge in [0.1, 0.15) is 11.8 Å². The van der Waals surface area contributed by atoms with Crippen molar-refractivity contribution in [1.29, 1.82) is 0 Å². The predicted molar refractivity (Wildman–Crippen MR) is 109 cm³/mol. The van der Waals surface area contributed by atoms with E-state index in [1.165, 1.54) is 18.2 Å². The van der Waals surface area contributed by atoms with Crippen molar-refractivity contribution in [2.45, 2.75) is 20.0 Å². The molecule has 1 aliphatic rings. The Morgan fingerprint density at radius 2 is 1.58 bits per heavy atom. The van der Waals surface area contributed by atoms with Gasteiger partial charge in [-0.2, -0.15) is 0 Å². The number of carbonyl (C=O) groups is 3. The van der Waals surface area contributed by atoms with Crippen LogP contribution in [0.5, 0.6) is 11.5 Å². The molecule has 0 saturated heterocycles. The van der Waals surface area contributed by atoms with Crippen molar-refractivity contribution < 1.29 is 38.4 Å². The number of ether oxygens (including phenoxy) is 4. The number of ketones is 1. The maximum absolute atomic E-state index is 13.3. The molecule has 8 heteroatoms. The summed E-state index contributed by atoms with van der Waals surface area (Å²) in [5, 5.41) is 11.1. The van der Waals surface area contributed by atoms with E-state index < -0.39 is 35.7 Å². The monoisotopic (exact) mass is 428 g/mol. The average Bonchev–Trinajstić information content (AvgIpc) is 3.25. The zero-order valence-corrected chi connectivity index (χ0v) is 17.3. The van der Waals surface area contributed by atoms with Crippen molar-refractivity contribution in [3.8, 4) is 11.5 Å². The molecular weight excluding hydrogens is 404 g/mol. The third kappa shape index (κ3) is 4.86. The van der Waals surface area contributed by atoms with Crippen molar-refractivity contribution in [1.82, 2.24) is 0 Å². The molecule has 2 aromatic carbocycles. The van der Waals surface area contributed by atoms with Crippen LogP contribution in [0.1, 0.15) is 35.9 Å². The van der Waals surface area contributed by atoms with E-state index >= 15 is 0 Å². The van der Waals surface area contributed by atoms with Crippen molar-refractivity contribution in [3.05, 3.63) is 59.7 Å². The summed E-state index contributed by atoms with van der Waals surface area (Å²) in [7, 11) is 0. The lowest BCUT2D eigenvalue weighted by Crippen LogP contribution is -2.41. The molecule has 164 valence electrons. The molecule has 0 radical (unpaired) electrons. The van der Waals surface area contributed by atoms with Crippen molar-refractivity contribution >= 4 is 17.7 Å². The molecule has 0 aliphatic carbocycles. The Balaban J connectivity index is 2.04. The summed E-state index contributed by atoms with van der Waals surface area (Å²) in [6.07, 6.45) is -1.53. The summed E-state index contributed by atoms with van der Waals surface area (Å²) in [5.41, 5.74) is 0.491. The third-order valence-corrected chi connectivity index (χ3v) is 4.88. The first-order chi connectivity index (χ1) is 15.0. The molecule has 1 heterocycles. The van der Waals surface area contributed by atoms with Crippen molar-refractivity contribution in [3.63, 3.8) is 0 Å². The Morgan fingerprint density at radius 3 is 2.26 bits per heavy atom. The van der Waals surface area contributed by atoms with E-state index in [4.69, 9.17) is 18.9 Å². The average molecular weight is 428 g/mol. The Kier molecular flexibility index (Phi) is 7.25. The fourth-order valence-corrected chi connectivity index (χ4v) is 3.42.